The maximum Gasteiger partial charge on any atom is 0.236 e. The van der Waals surface area contributed by atoms with E-state index in [0.717, 1.165) is 0 Å². The second kappa shape index (κ2) is 6.54. The molecule has 0 aliphatic heterocycles. The van der Waals surface area contributed by atoms with Crippen molar-refractivity contribution >= 4 is 23.4 Å². The van der Waals surface area contributed by atoms with Gasteiger partial charge in [0.2, 0.25) is 11.8 Å². The summed E-state index contributed by atoms with van der Waals surface area (Å²) in [6.45, 7) is 0. The van der Waals surface area contributed by atoms with Crippen molar-refractivity contribution in [1.29, 1.82) is 0 Å². The van der Waals surface area contributed by atoms with Crippen molar-refractivity contribution in [1.82, 2.24) is 5.32 Å². The Kier molecular flexibility index (Phi) is 5.76. The molecule has 0 saturated heterocycles. The van der Waals surface area contributed by atoms with Gasteiger partial charge >= 0.3 is 0 Å². The zero-order chi connectivity index (χ0) is 12.7. The van der Waals surface area contributed by atoms with Gasteiger partial charge in [0.15, 0.2) is 0 Å². The van der Waals surface area contributed by atoms with Gasteiger partial charge in [-0.05, 0) is 0 Å². The lowest BCUT2D eigenvalue weighted by Crippen LogP contribution is -2.43. The number of amidine groups is 1. The maximum atomic E-state index is 11.6. The summed E-state index contributed by atoms with van der Waals surface area (Å²) in [5.41, 5.74) is 11.0. The Bertz CT molecular complexity index is 335. The molecule has 0 aliphatic rings. The van der Waals surface area contributed by atoms with E-state index in [9.17, 15) is 9.59 Å². The first-order valence-corrected chi connectivity index (χ1v) is 4.65. The van der Waals surface area contributed by atoms with Crippen molar-refractivity contribution in [3.05, 3.63) is 0 Å². The molecule has 1 atom stereocenters. The van der Waals surface area contributed by atoms with E-state index in [4.69, 9.17) is 11.5 Å². The molecule has 0 radical (unpaired) electrons. The van der Waals surface area contributed by atoms with Crippen LogP contribution in [0.25, 0.3) is 0 Å². The monoisotopic (exact) mass is 227 g/mol. The summed E-state index contributed by atoms with van der Waals surface area (Å²) < 4.78 is 0. The van der Waals surface area contributed by atoms with Crippen LogP contribution in [-0.2, 0) is 9.59 Å². The second-order valence-corrected chi connectivity index (χ2v) is 3.05. The van der Waals surface area contributed by atoms with Crippen LogP contribution in [0.1, 0.15) is 6.42 Å². The molecule has 0 aliphatic carbocycles. The fourth-order valence-corrected chi connectivity index (χ4v) is 1.22. The topological polar surface area (TPSA) is 123 Å². The molecular weight excluding hydrogens is 210 g/mol. The zero-order valence-corrected chi connectivity index (χ0v) is 9.65. The number of primary amides is 1. The molecule has 0 heterocycles. The van der Waals surface area contributed by atoms with E-state index in [0.29, 0.717) is 5.71 Å². The van der Waals surface area contributed by atoms with Crippen LogP contribution in [0, 0.1) is 5.92 Å². The summed E-state index contributed by atoms with van der Waals surface area (Å²) >= 11 is 0. The second-order valence-electron chi connectivity index (χ2n) is 3.05. The normalized spacial score (nSPS) is 14.4. The van der Waals surface area contributed by atoms with Gasteiger partial charge in [-0.25, -0.2) is 0 Å². The average molecular weight is 227 g/mol. The van der Waals surface area contributed by atoms with Gasteiger partial charge in [-0.3, -0.25) is 19.6 Å². The Balaban J connectivity index is 5.16. The first-order valence-electron chi connectivity index (χ1n) is 4.65. The molecule has 0 bridgehead atoms. The fraction of sp³-hybridized carbons (Fsp3) is 0.556. The smallest absolute Gasteiger partial charge is 0.236 e. The molecule has 0 aromatic rings. The number of carbonyl (C=O) groups excluding carboxylic acids is 2. The highest BCUT2D eigenvalue weighted by Gasteiger charge is 2.27. The largest absolute Gasteiger partial charge is 0.386 e. The number of nitrogens with one attached hydrogen (secondary N) is 1. The number of nitrogens with two attached hydrogens (primary N) is 2. The number of hydrogen-bond acceptors (Lipinski definition) is 4. The number of nitrogens with zero attached hydrogens (tertiary/aromatic N) is 2. The predicted molar refractivity (Wildman–Crippen MR) is 62.3 cm³/mol. The van der Waals surface area contributed by atoms with E-state index in [1.165, 1.54) is 21.1 Å². The molecule has 2 amide bonds. The third kappa shape index (κ3) is 3.68. The molecule has 0 rings (SSSR count). The first kappa shape index (κ1) is 14.1. The van der Waals surface area contributed by atoms with E-state index < -0.39 is 11.8 Å². The van der Waals surface area contributed by atoms with Crippen molar-refractivity contribution < 1.29 is 9.59 Å². The van der Waals surface area contributed by atoms with Crippen LogP contribution >= 0.6 is 0 Å². The zero-order valence-electron chi connectivity index (χ0n) is 9.65. The minimum atomic E-state index is -0.840. The van der Waals surface area contributed by atoms with Crippen LogP contribution in [0.3, 0.4) is 0 Å². The van der Waals surface area contributed by atoms with Gasteiger partial charge in [0, 0.05) is 26.9 Å². The Morgan fingerprint density at radius 3 is 2.12 bits per heavy atom. The van der Waals surface area contributed by atoms with Crippen molar-refractivity contribution in [3.63, 3.8) is 0 Å². The van der Waals surface area contributed by atoms with Gasteiger partial charge in [0.25, 0.3) is 0 Å². The highest BCUT2D eigenvalue weighted by molar-refractivity contribution is 6.23. The van der Waals surface area contributed by atoms with Gasteiger partial charge in [0.1, 0.15) is 11.8 Å². The lowest BCUT2D eigenvalue weighted by molar-refractivity contribution is -0.121. The maximum absolute atomic E-state index is 11.6. The molecule has 7 heteroatoms. The Labute approximate surface area is 94.0 Å². The van der Waals surface area contributed by atoms with Gasteiger partial charge in [-0.15, -0.1) is 0 Å². The Morgan fingerprint density at radius 2 is 1.81 bits per heavy atom. The summed E-state index contributed by atoms with van der Waals surface area (Å²) in [6.07, 6.45) is -0.120. The molecule has 0 aromatic heterocycles. The van der Waals surface area contributed by atoms with Crippen LogP contribution in [0.15, 0.2) is 9.98 Å². The third-order valence-corrected chi connectivity index (χ3v) is 2.04. The number of rotatable bonds is 5. The van der Waals surface area contributed by atoms with E-state index in [1.54, 1.807) is 0 Å². The van der Waals surface area contributed by atoms with Gasteiger partial charge in [-0.1, -0.05) is 0 Å². The molecular formula is C9H17N5O2. The van der Waals surface area contributed by atoms with Crippen LogP contribution in [0.4, 0.5) is 0 Å². The van der Waals surface area contributed by atoms with Crippen molar-refractivity contribution in [2.24, 2.45) is 27.4 Å². The quantitative estimate of drug-likeness (QED) is 0.382. The summed E-state index contributed by atoms with van der Waals surface area (Å²) in [4.78, 5) is 30.0. The summed E-state index contributed by atoms with van der Waals surface area (Å²) in [5.74, 6) is -1.68. The lowest BCUT2D eigenvalue weighted by Gasteiger charge is -2.16. The van der Waals surface area contributed by atoms with Crippen molar-refractivity contribution in [3.8, 4) is 0 Å². The van der Waals surface area contributed by atoms with Crippen molar-refractivity contribution in [2.75, 3.05) is 21.1 Å². The standard InChI is InChI=1S/C9H17N5O2/c1-12-5(4-6(10)15)7(8(11)13-2)9(16)14-3/h7H,4H2,1-3H3,(H2,10,15)(H2,11,13)(H,14,16). The minimum Gasteiger partial charge on any atom is -0.386 e. The van der Waals surface area contributed by atoms with E-state index in [2.05, 4.69) is 15.3 Å². The molecule has 16 heavy (non-hydrogen) atoms. The third-order valence-electron chi connectivity index (χ3n) is 2.04. The van der Waals surface area contributed by atoms with Gasteiger partial charge < -0.3 is 16.8 Å². The number of aliphatic imine (C=N–C) groups is 2. The predicted octanol–water partition coefficient (Wildman–Crippen LogP) is -1.72. The SMILES string of the molecule is CN=C(N)C(C(=O)NC)C(CC(N)=O)=NC. The summed E-state index contributed by atoms with van der Waals surface area (Å²) in [5, 5.41) is 2.44. The molecule has 7 nitrogen and oxygen atoms in total. The molecule has 90 valence electrons. The van der Waals surface area contributed by atoms with E-state index in [-0.39, 0.29) is 18.2 Å². The number of hydrogen-bond donors (Lipinski definition) is 3. The van der Waals surface area contributed by atoms with Gasteiger partial charge in [0.05, 0.1) is 6.42 Å². The fourth-order valence-electron chi connectivity index (χ4n) is 1.22. The minimum absolute atomic E-state index is 0.0983. The lowest BCUT2D eigenvalue weighted by atomic mass is 9.98. The molecule has 5 N–H and O–H groups in total. The van der Waals surface area contributed by atoms with Crippen LogP contribution < -0.4 is 16.8 Å². The highest BCUT2D eigenvalue weighted by Crippen LogP contribution is 2.05. The van der Waals surface area contributed by atoms with Crippen LogP contribution in [0.2, 0.25) is 0 Å². The van der Waals surface area contributed by atoms with Crippen LogP contribution in [-0.4, -0.2) is 44.5 Å². The average Bonchev–Trinajstić information content (AvgIpc) is 2.26. The summed E-state index contributed by atoms with van der Waals surface area (Å²) in [7, 11) is 4.40. The number of amides is 2. The molecule has 0 saturated carbocycles. The van der Waals surface area contributed by atoms with Gasteiger partial charge in [-0.2, -0.15) is 0 Å². The van der Waals surface area contributed by atoms with Crippen molar-refractivity contribution in [2.45, 2.75) is 6.42 Å². The summed E-state index contributed by atoms with van der Waals surface area (Å²) in [6, 6.07) is 0. The highest BCUT2D eigenvalue weighted by atomic mass is 16.2. The molecule has 0 spiro atoms. The molecule has 1 unspecified atom stereocenters. The first-order chi connectivity index (χ1) is 7.47. The van der Waals surface area contributed by atoms with E-state index in [1.807, 2.05) is 0 Å². The van der Waals surface area contributed by atoms with Crippen LogP contribution in [0.5, 0.6) is 0 Å². The Morgan fingerprint density at radius 1 is 1.25 bits per heavy atom. The molecule has 0 fully saturated rings. The van der Waals surface area contributed by atoms with E-state index >= 15 is 0 Å². The number of carbonyl (C=O) groups is 2. The molecule has 0 aromatic carbocycles. The Hall–Kier alpha value is -1.92.